The van der Waals surface area contributed by atoms with Gasteiger partial charge >= 0.3 is 0 Å². The van der Waals surface area contributed by atoms with Gasteiger partial charge in [-0.3, -0.25) is 9.48 Å². The summed E-state index contributed by atoms with van der Waals surface area (Å²) in [6.45, 7) is 12.5. The van der Waals surface area contributed by atoms with Crippen molar-refractivity contribution >= 4 is 11.6 Å². The average molecular weight is 295 g/mol. The lowest BCUT2D eigenvalue weighted by atomic mass is 9.95. The van der Waals surface area contributed by atoms with E-state index in [9.17, 15) is 4.79 Å². The van der Waals surface area contributed by atoms with Crippen molar-refractivity contribution in [1.82, 2.24) is 14.7 Å². The third kappa shape index (κ3) is 5.47. The van der Waals surface area contributed by atoms with Crippen molar-refractivity contribution < 1.29 is 4.79 Å². The van der Waals surface area contributed by atoms with Crippen molar-refractivity contribution in [2.24, 2.45) is 17.6 Å². The lowest BCUT2D eigenvalue weighted by Gasteiger charge is -2.18. The van der Waals surface area contributed by atoms with Crippen LogP contribution in [0.3, 0.4) is 0 Å². The Morgan fingerprint density at radius 3 is 2.62 bits per heavy atom. The van der Waals surface area contributed by atoms with Gasteiger partial charge in [-0.15, -0.1) is 0 Å². The molecule has 3 N–H and O–H groups in total. The minimum Gasteiger partial charge on any atom is -0.330 e. The van der Waals surface area contributed by atoms with Gasteiger partial charge in [0.25, 0.3) is 0 Å². The Kier molecular flexibility index (Phi) is 7.39. The van der Waals surface area contributed by atoms with Crippen molar-refractivity contribution in [3.05, 3.63) is 12.4 Å². The van der Waals surface area contributed by atoms with Crippen molar-refractivity contribution in [3.63, 3.8) is 0 Å². The van der Waals surface area contributed by atoms with Crippen molar-refractivity contribution in [1.29, 1.82) is 0 Å². The number of carbonyl (C=O) groups excluding carboxylic acids is 1. The predicted octanol–water partition coefficient (Wildman–Crippen LogP) is 1.39. The van der Waals surface area contributed by atoms with Gasteiger partial charge in [0.05, 0.1) is 24.3 Å². The number of aromatic nitrogens is 2. The summed E-state index contributed by atoms with van der Waals surface area (Å²) in [5.74, 6) is 0.0347. The molecule has 1 aromatic rings. The zero-order valence-corrected chi connectivity index (χ0v) is 13.7. The molecule has 1 amide bonds. The lowest BCUT2D eigenvalue weighted by Crippen LogP contribution is -2.32. The molecule has 1 rings (SSSR count). The highest BCUT2D eigenvalue weighted by Crippen LogP contribution is 2.13. The quantitative estimate of drug-likeness (QED) is 0.722. The normalized spacial score (nSPS) is 12.9. The second kappa shape index (κ2) is 8.79. The highest BCUT2D eigenvalue weighted by molar-refractivity contribution is 5.92. The van der Waals surface area contributed by atoms with Gasteiger partial charge in [-0.2, -0.15) is 5.10 Å². The first kappa shape index (κ1) is 17.7. The highest BCUT2D eigenvalue weighted by atomic mass is 16.1. The zero-order chi connectivity index (χ0) is 15.8. The third-order valence-electron chi connectivity index (χ3n) is 3.84. The van der Waals surface area contributed by atoms with E-state index in [4.69, 9.17) is 5.73 Å². The van der Waals surface area contributed by atoms with Gasteiger partial charge < -0.3 is 16.0 Å². The maximum absolute atomic E-state index is 12.1. The largest absolute Gasteiger partial charge is 0.330 e. The topological polar surface area (TPSA) is 76.2 Å². The molecule has 0 saturated heterocycles. The van der Waals surface area contributed by atoms with E-state index in [0.29, 0.717) is 6.54 Å². The van der Waals surface area contributed by atoms with E-state index >= 15 is 0 Å². The summed E-state index contributed by atoms with van der Waals surface area (Å²) in [5, 5.41) is 7.18. The number of nitrogens with one attached hydrogen (secondary N) is 1. The summed E-state index contributed by atoms with van der Waals surface area (Å²) in [6.07, 6.45) is 3.56. The molecule has 0 aliphatic rings. The molecule has 6 nitrogen and oxygen atoms in total. The van der Waals surface area contributed by atoms with E-state index in [-0.39, 0.29) is 17.7 Å². The van der Waals surface area contributed by atoms with Crippen LogP contribution >= 0.6 is 0 Å². The second-order valence-corrected chi connectivity index (χ2v) is 5.59. The Labute approximate surface area is 127 Å². The van der Waals surface area contributed by atoms with Crippen LogP contribution in [0.5, 0.6) is 0 Å². The number of anilines is 1. The van der Waals surface area contributed by atoms with E-state index in [0.717, 1.165) is 31.9 Å². The molecule has 0 aliphatic carbocycles. The molecule has 0 aliphatic heterocycles. The van der Waals surface area contributed by atoms with Crippen LogP contribution in [0.2, 0.25) is 0 Å². The third-order valence-corrected chi connectivity index (χ3v) is 3.84. The van der Waals surface area contributed by atoms with Gasteiger partial charge in [-0.1, -0.05) is 27.7 Å². The summed E-state index contributed by atoms with van der Waals surface area (Å²) >= 11 is 0. The van der Waals surface area contributed by atoms with Crippen LogP contribution in [-0.4, -0.2) is 46.8 Å². The molecule has 1 atom stereocenters. The molecule has 0 fully saturated rings. The smallest absolute Gasteiger partial charge is 0.229 e. The Morgan fingerprint density at radius 2 is 2.10 bits per heavy atom. The number of hydrogen-bond donors (Lipinski definition) is 2. The van der Waals surface area contributed by atoms with Crippen molar-refractivity contribution in [2.45, 2.75) is 34.2 Å². The molecule has 0 spiro atoms. The number of nitrogens with zero attached hydrogens (tertiary/aromatic N) is 3. The second-order valence-electron chi connectivity index (χ2n) is 5.59. The van der Waals surface area contributed by atoms with E-state index in [1.165, 1.54) is 0 Å². The monoisotopic (exact) mass is 295 g/mol. The lowest BCUT2D eigenvalue weighted by molar-refractivity contribution is -0.120. The Balaban J connectivity index is 2.53. The van der Waals surface area contributed by atoms with Crippen LogP contribution in [0.4, 0.5) is 5.69 Å². The molecule has 0 saturated carbocycles. The Hall–Kier alpha value is -1.40. The van der Waals surface area contributed by atoms with Crippen LogP contribution in [0.1, 0.15) is 27.7 Å². The van der Waals surface area contributed by atoms with Crippen LogP contribution in [0.25, 0.3) is 0 Å². The predicted molar refractivity (Wildman–Crippen MR) is 86.0 cm³/mol. The minimum absolute atomic E-state index is 0.0317. The first-order chi connectivity index (χ1) is 10.0. The number of nitrogens with two attached hydrogens (primary N) is 1. The molecule has 6 heteroatoms. The molecule has 120 valence electrons. The number of amides is 1. The van der Waals surface area contributed by atoms with Crippen LogP contribution in [-0.2, 0) is 11.3 Å². The van der Waals surface area contributed by atoms with Gasteiger partial charge in [0, 0.05) is 19.3 Å². The highest BCUT2D eigenvalue weighted by Gasteiger charge is 2.20. The molecule has 1 aromatic heterocycles. The number of rotatable bonds is 9. The summed E-state index contributed by atoms with van der Waals surface area (Å²) < 4.78 is 1.86. The summed E-state index contributed by atoms with van der Waals surface area (Å²) in [6, 6.07) is 0. The fraction of sp³-hybridized carbons (Fsp3) is 0.733. The van der Waals surface area contributed by atoms with E-state index in [2.05, 4.69) is 29.2 Å². The van der Waals surface area contributed by atoms with Gasteiger partial charge in [0.2, 0.25) is 5.91 Å². The Bertz CT molecular complexity index is 425. The number of hydrogen-bond acceptors (Lipinski definition) is 4. The van der Waals surface area contributed by atoms with Gasteiger partial charge in [-0.25, -0.2) is 0 Å². The van der Waals surface area contributed by atoms with Crippen molar-refractivity contribution in [3.8, 4) is 0 Å². The maximum Gasteiger partial charge on any atom is 0.229 e. The molecular formula is C15H29N5O. The molecule has 1 heterocycles. The van der Waals surface area contributed by atoms with Crippen molar-refractivity contribution in [2.75, 3.05) is 31.5 Å². The van der Waals surface area contributed by atoms with E-state index in [1.807, 2.05) is 24.7 Å². The molecule has 0 bridgehead atoms. The minimum atomic E-state index is -0.163. The van der Waals surface area contributed by atoms with Crippen LogP contribution in [0, 0.1) is 11.8 Å². The molecule has 0 aromatic carbocycles. The standard InChI is InChI=1S/C15H29N5O/c1-5-19(6-2)7-8-20-11-13(10-17-20)18-15(21)14(9-16)12(3)4/h10-12,14H,5-9,16H2,1-4H3,(H,18,21). The van der Waals surface area contributed by atoms with Gasteiger partial charge in [-0.05, 0) is 19.0 Å². The maximum atomic E-state index is 12.1. The fourth-order valence-corrected chi connectivity index (χ4v) is 2.25. The molecule has 1 unspecified atom stereocenters. The van der Waals surface area contributed by atoms with Crippen LogP contribution in [0.15, 0.2) is 12.4 Å². The summed E-state index contributed by atoms with van der Waals surface area (Å²) in [7, 11) is 0. The fourth-order valence-electron chi connectivity index (χ4n) is 2.25. The molecular weight excluding hydrogens is 266 g/mol. The van der Waals surface area contributed by atoms with E-state index in [1.54, 1.807) is 6.20 Å². The van der Waals surface area contributed by atoms with Gasteiger partial charge in [0.15, 0.2) is 0 Å². The zero-order valence-electron chi connectivity index (χ0n) is 13.7. The van der Waals surface area contributed by atoms with Gasteiger partial charge in [0.1, 0.15) is 0 Å². The SMILES string of the molecule is CCN(CC)CCn1cc(NC(=O)C(CN)C(C)C)cn1. The summed E-state index contributed by atoms with van der Waals surface area (Å²) in [5.41, 5.74) is 6.39. The first-order valence-electron chi connectivity index (χ1n) is 7.77. The number of likely N-dealkylation sites (N-methyl/N-ethyl adjacent to an activating group) is 1. The number of carbonyl (C=O) groups is 1. The first-order valence-corrected chi connectivity index (χ1v) is 7.77. The summed E-state index contributed by atoms with van der Waals surface area (Å²) in [4.78, 5) is 14.5. The van der Waals surface area contributed by atoms with E-state index < -0.39 is 0 Å². The Morgan fingerprint density at radius 1 is 1.43 bits per heavy atom. The average Bonchev–Trinajstić information content (AvgIpc) is 2.87. The molecule has 21 heavy (non-hydrogen) atoms. The molecule has 0 radical (unpaired) electrons. The van der Waals surface area contributed by atoms with Crippen LogP contribution < -0.4 is 11.1 Å².